The van der Waals surface area contributed by atoms with E-state index in [0.29, 0.717) is 0 Å². The van der Waals surface area contributed by atoms with Crippen molar-refractivity contribution >= 4 is 33.4 Å². The Morgan fingerprint density at radius 2 is 2.00 bits per heavy atom. The van der Waals surface area contributed by atoms with Gasteiger partial charge in [-0.2, -0.15) is 0 Å². The molecule has 0 spiro atoms. The van der Waals surface area contributed by atoms with Crippen molar-refractivity contribution in [1.82, 2.24) is 0 Å². The predicted octanol–water partition coefficient (Wildman–Crippen LogP) is 4.63. The summed E-state index contributed by atoms with van der Waals surface area (Å²) >= 11 is 5.33. The van der Waals surface area contributed by atoms with E-state index in [1.807, 2.05) is 30.0 Å². The van der Waals surface area contributed by atoms with Crippen LogP contribution in [-0.2, 0) is 5.75 Å². The molecule has 2 N–H and O–H groups in total. The third-order valence-corrected chi connectivity index (χ3v) is 4.22. The molecule has 0 aliphatic carbocycles. The number of benzene rings is 2. The SMILES string of the molecule is Cc1cc(N)ccc1SCc1cccc(Br)c1. The van der Waals surface area contributed by atoms with E-state index < -0.39 is 0 Å². The standard InChI is InChI=1S/C14H14BrNS/c1-10-7-13(16)5-6-14(10)17-9-11-3-2-4-12(15)8-11/h2-8H,9,16H2,1H3. The summed E-state index contributed by atoms with van der Waals surface area (Å²) in [4.78, 5) is 1.29. The van der Waals surface area contributed by atoms with Crippen LogP contribution in [0.4, 0.5) is 5.69 Å². The molecule has 2 rings (SSSR count). The van der Waals surface area contributed by atoms with E-state index in [1.54, 1.807) is 0 Å². The maximum atomic E-state index is 5.74. The highest BCUT2D eigenvalue weighted by atomic mass is 79.9. The Hall–Kier alpha value is -0.930. The van der Waals surface area contributed by atoms with Gasteiger partial charge in [0.15, 0.2) is 0 Å². The van der Waals surface area contributed by atoms with Crippen LogP contribution in [0, 0.1) is 6.92 Å². The van der Waals surface area contributed by atoms with Gasteiger partial charge in [-0.25, -0.2) is 0 Å². The molecule has 1 nitrogen and oxygen atoms in total. The van der Waals surface area contributed by atoms with Gasteiger partial charge in [-0.1, -0.05) is 28.1 Å². The molecular weight excluding hydrogens is 294 g/mol. The normalized spacial score (nSPS) is 10.5. The third kappa shape index (κ3) is 3.51. The van der Waals surface area contributed by atoms with Gasteiger partial charge in [0, 0.05) is 20.8 Å². The number of nitrogen functional groups attached to an aromatic ring is 1. The second-order valence-corrected chi connectivity index (χ2v) is 5.88. The van der Waals surface area contributed by atoms with E-state index in [0.717, 1.165) is 15.9 Å². The van der Waals surface area contributed by atoms with E-state index in [2.05, 4.69) is 47.1 Å². The monoisotopic (exact) mass is 307 g/mol. The molecule has 0 unspecified atom stereocenters. The van der Waals surface area contributed by atoms with Crippen molar-refractivity contribution in [3.05, 3.63) is 58.1 Å². The lowest BCUT2D eigenvalue weighted by molar-refractivity contribution is 1.29. The van der Waals surface area contributed by atoms with Crippen molar-refractivity contribution < 1.29 is 0 Å². The minimum absolute atomic E-state index is 0.828. The van der Waals surface area contributed by atoms with Crippen molar-refractivity contribution in [2.75, 3.05) is 5.73 Å². The first-order valence-corrected chi connectivity index (χ1v) is 7.16. The smallest absolute Gasteiger partial charge is 0.0317 e. The lowest BCUT2D eigenvalue weighted by atomic mass is 10.2. The van der Waals surface area contributed by atoms with Crippen LogP contribution in [-0.4, -0.2) is 0 Å². The zero-order valence-electron chi connectivity index (χ0n) is 9.61. The third-order valence-electron chi connectivity index (χ3n) is 2.48. The molecular formula is C14H14BrNS. The van der Waals surface area contributed by atoms with Gasteiger partial charge in [-0.15, -0.1) is 11.8 Å². The Bertz CT molecular complexity index is 525. The van der Waals surface area contributed by atoms with E-state index in [4.69, 9.17) is 5.73 Å². The summed E-state index contributed by atoms with van der Waals surface area (Å²) in [5.41, 5.74) is 9.13. The predicted molar refractivity (Wildman–Crippen MR) is 79.3 cm³/mol. The Balaban J connectivity index is 2.07. The van der Waals surface area contributed by atoms with Crippen LogP contribution in [0.2, 0.25) is 0 Å². The molecule has 0 amide bonds. The van der Waals surface area contributed by atoms with E-state index in [1.165, 1.54) is 16.0 Å². The van der Waals surface area contributed by atoms with Gasteiger partial charge < -0.3 is 5.73 Å². The van der Waals surface area contributed by atoms with Gasteiger partial charge in [0.05, 0.1) is 0 Å². The minimum atomic E-state index is 0.828. The summed E-state index contributed by atoms with van der Waals surface area (Å²) in [6.45, 7) is 2.10. The summed E-state index contributed by atoms with van der Waals surface area (Å²) in [7, 11) is 0. The fourth-order valence-corrected chi connectivity index (χ4v) is 3.02. The maximum absolute atomic E-state index is 5.74. The Morgan fingerprint density at radius 3 is 2.71 bits per heavy atom. The van der Waals surface area contributed by atoms with Crippen LogP contribution in [0.1, 0.15) is 11.1 Å². The Morgan fingerprint density at radius 1 is 1.18 bits per heavy atom. The lowest BCUT2D eigenvalue weighted by Gasteiger charge is -2.06. The first kappa shape index (κ1) is 12.5. The van der Waals surface area contributed by atoms with Crippen LogP contribution in [0.5, 0.6) is 0 Å². The number of rotatable bonds is 3. The average Bonchev–Trinajstić information content (AvgIpc) is 2.28. The first-order valence-electron chi connectivity index (χ1n) is 5.38. The topological polar surface area (TPSA) is 26.0 Å². The molecule has 0 aromatic heterocycles. The molecule has 0 atom stereocenters. The Labute approximate surface area is 115 Å². The molecule has 2 aromatic carbocycles. The molecule has 3 heteroatoms. The van der Waals surface area contributed by atoms with Crippen molar-refractivity contribution in [1.29, 1.82) is 0 Å². The van der Waals surface area contributed by atoms with Crippen LogP contribution >= 0.6 is 27.7 Å². The minimum Gasteiger partial charge on any atom is -0.399 e. The summed E-state index contributed by atoms with van der Waals surface area (Å²) in [6, 6.07) is 14.5. The van der Waals surface area contributed by atoms with E-state index in [9.17, 15) is 0 Å². The highest BCUT2D eigenvalue weighted by Crippen LogP contribution is 2.28. The van der Waals surface area contributed by atoms with Crippen molar-refractivity contribution in [3.63, 3.8) is 0 Å². The number of anilines is 1. The molecule has 0 heterocycles. The largest absolute Gasteiger partial charge is 0.399 e. The summed E-state index contributed by atoms with van der Waals surface area (Å²) in [5.74, 6) is 0.976. The van der Waals surface area contributed by atoms with Gasteiger partial charge in [-0.05, 0) is 48.4 Å². The Kier molecular flexibility index (Phi) is 4.13. The second kappa shape index (κ2) is 5.61. The van der Waals surface area contributed by atoms with Crippen molar-refractivity contribution in [2.24, 2.45) is 0 Å². The lowest BCUT2D eigenvalue weighted by Crippen LogP contribution is -1.88. The quantitative estimate of drug-likeness (QED) is 0.661. The van der Waals surface area contributed by atoms with Gasteiger partial charge in [-0.3, -0.25) is 0 Å². The molecule has 0 aliphatic heterocycles. The van der Waals surface area contributed by atoms with Gasteiger partial charge in [0.25, 0.3) is 0 Å². The van der Waals surface area contributed by atoms with Crippen LogP contribution < -0.4 is 5.73 Å². The molecule has 2 aromatic rings. The summed E-state index contributed by atoms with van der Waals surface area (Å²) in [5, 5.41) is 0. The molecule has 0 bridgehead atoms. The van der Waals surface area contributed by atoms with Crippen LogP contribution in [0.15, 0.2) is 51.8 Å². The summed E-state index contributed by atoms with van der Waals surface area (Å²) < 4.78 is 1.13. The van der Waals surface area contributed by atoms with Gasteiger partial charge in [0.1, 0.15) is 0 Å². The number of thioether (sulfide) groups is 1. The van der Waals surface area contributed by atoms with Gasteiger partial charge in [0.2, 0.25) is 0 Å². The molecule has 0 radical (unpaired) electrons. The number of hydrogen-bond acceptors (Lipinski definition) is 2. The first-order chi connectivity index (χ1) is 8.15. The molecule has 0 aliphatic rings. The molecule has 17 heavy (non-hydrogen) atoms. The molecule has 0 saturated heterocycles. The number of halogens is 1. The maximum Gasteiger partial charge on any atom is 0.0317 e. The molecule has 88 valence electrons. The van der Waals surface area contributed by atoms with Crippen LogP contribution in [0.25, 0.3) is 0 Å². The average molecular weight is 308 g/mol. The second-order valence-electron chi connectivity index (χ2n) is 3.94. The van der Waals surface area contributed by atoms with Crippen molar-refractivity contribution in [3.8, 4) is 0 Å². The highest BCUT2D eigenvalue weighted by Gasteiger charge is 2.01. The fraction of sp³-hybridized carbons (Fsp3) is 0.143. The zero-order valence-corrected chi connectivity index (χ0v) is 12.0. The van der Waals surface area contributed by atoms with E-state index >= 15 is 0 Å². The molecule has 0 saturated carbocycles. The zero-order chi connectivity index (χ0) is 12.3. The van der Waals surface area contributed by atoms with Gasteiger partial charge >= 0.3 is 0 Å². The fourth-order valence-electron chi connectivity index (χ4n) is 1.62. The number of aryl methyl sites for hydroxylation is 1. The molecule has 0 fully saturated rings. The van der Waals surface area contributed by atoms with E-state index in [-0.39, 0.29) is 0 Å². The number of hydrogen-bond donors (Lipinski definition) is 1. The number of nitrogens with two attached hydrogens (primary N) is 1. The van der Waals surface area contributed by atoms with Crippen molar-refractivity contribution in [2.45, 2.75) is 17.6 Å². The highest BCUT2D eigenvalue weighted by molar-refractivity contribution is 9.10. The van der Waals surface area contributed by atoms with Crippen LogP contribution in [0.3, 0.4) is 0 Å². The summed E-state index contributed by atoms with van der Waals surface area (Å²) in [6.07, 6.45) is 0.